The third-order valence-electron chi connectivity index (χ3n) is 2.41. The molecule has 0 amide bonds. The molecule has 0 saturated heterocycles. The standard InChI is InChI=1S/3C4H10O3S2.Au/c3*5-9(6,7)4-2-1-3-8;/h3*8H,1-4H2,(H,5,6,7);/q;;;+3/p-3. The van der Waals surface area contributed by atoms with Crippen LogP contribution in [0.15, 0.2) is 0 Å². The van der Waals surface area contributed by atoms with Gasteiger partial charge in [0.2, 0.25) is 0 Å². The Balaban J connectivity index is -0.000000152. The third kappa shape index (κ3) is 50.8. The minimum atomic E-state index is -3.98. The van der Waals surface area contributed by atoms with Crippen LogP contribution in [0.2, 0.25) is 0 Å². The Labute approximate surface area is 201 Å². The molecule has 0 aliphatic rings. The average molecular weight is 705 g/mol. The van der Waals surface area contributed by atoms with Crippen molar-refractivity contribution in [3.63, 3.8) is 0 Å². The van der Waals surface area contributed by atoms with E-state index in [2.05, 4.69) is 37.9 Å². The van der Waals surface area contributed by atoms with E-state index < -0.39 is 30.4 Å². The zero-order valence-corrected chi connectivity index (χ0v) is 22.3. The Morgan fingerprint density at radius 1 is 0.464 bits per heavy atom. The summed E-state index contributed by atoms with van der Waals surface area (Å²) in [5, 5.41) is 0. The molecule has 0 atom stereocenters. The van der Waals surface area contributed by atoms with Crippen LogP contribution >= 0.6 is 37.9 Å². The van der Waals surface area contributed by atoms with Gasteiger partial charge < -0.3 is 13.7 Å². The van der Waals surface area contributed by atoms with Gasteiger partial charge in [0, 0.05) is 17.3 Å². The molecule has 0 aromatic carbocycles. The first kappa shape index (κ1) is 36.9. The normalized spacial score (nSPS) is 11.4. The number of thiol groups is 3. The van der Waals surface area contributed by atoms with Gasteiger partial charge in [0.25, 0.3) is 0 Å². The second-order valence-corrected chi connectivity index (χ2v) is 11.0. The first-order chi connectivity index (χ1) is 12.2. The van der Waals surface area contributed by atoms with Gasteiger partial charge in [-0.3, -0.25) is 0 Å². The van der Waals surface area contributed by atoms with Crippen LogP contribution in [0.25, 0.3) is 0 Å². The molecule has 9 nitrogen and oxygen atoms in total. The number of hydrogen-bond donors (Lipinski definition) is 3. The van der Waals surface area contributed by atoms with Crippen molar-refractivity contribution in [3.05, 3.63) is 0 Å². The van der Waals surface area contributed by atoms with E-state index in [4.69, 9.17) is 0 Å². The molecule has 16 heteroatoms. The predicted octanol–water partition coefficient (Wildman–Crippen LogP) is 0.722. The van der Waals surface area contributed by atoms with Crippen LogP contribution in [0.3, 0.4) is 0 Å². The third-order valence-corrected chi connectivity index (χ3v) is 5.72. The van der Waals surface area contributed by atoms with Crippen molar-refractivity contribution >= 4 is 68.2 Å². The Kier molecular flexibility index (Phi) is 28.6. The van der Waals surface area contributed by atoms with E-state index in [1.807, 2.05) is 0 Å². The van der Waals surface area contributed by atoms with Gasteiger partial charge in [0.1, 0.15) is 0 Å². The maximum atomic E-state index is 9.93. The molecule has 0 N–H and O–H groups in total. The van der Waals surface area contributed by atoms with Crippen LogP contribution < -0.4 is 0 Å². The summed E-state index contributed by atoms with van der Waals surface area (Å²) < 4.78 is 89.3. The first-order valence-corrected chi connectivity index (χ1v) is 14.4. The van der Waals surface area contributed by atoms with Crippen LogP contribution in [-0.2, 0) is 52.7 Å². The predicted molar refractivity (Wildman–Crippen MR) is 113 cm³/mol. The minimum absolute atomic E-state index is 0. The summed E-state index contributed by atoms with van der Waals surface area (Å²) in [6, 6.07) is 0. The molecule has 0 aliphatic heterocycles. The van der Waals surface area contributed by atoms with Gasteiger partial charge in [0.05, 0.1) is 30.4 Å². The Bertz CT molecular complexity index is 544. The monoisotopic (exact) mass is 704 g/mol. The summed E-state index contributed by atoms with van der Waals surface area (Å²) in [6.07, 6.45) is 3.33. The van der Waals surface area contributed by atoms with Gasteiger partial charge in [-0.05, 0) is 55.8 Å². The van der Waals surface area contributed by atoms with E-state index in [1.54, 1.807) is 0 Å². The Morgan fingerprint density at radius 3 is 0.750 bits per heavy atom. The fraction of sp³-hybridized carbons (Fsp3) is 1.00. The molecule has 0 saturated carbocycles. The summed E-state index contributed by atoms with van der Waals surface area (Å²) >= 11 is 11.6. The van der Waals surface area contributed by atoms with Gasteiger partial charge >= 0.3 is 22.4 Å². The van der Waals surface area contributed by atoms with Gasteiger partial charge in [-0.15, -0.1) is 0 Å². The molecular formula is C12H27AuO9S6. The summed E-state index contributed by atoms with van der Waals surface area (Å²) in [4.78, 5) is 0. The maximum Gasteiger partial charge on any atom is 3.00 e. The second kappa shape index (κ2) is 21.7. The molecule has 0 heterocycles. The molecule has 28 heavy (non-hydrogen) atoms. The Morgan fingerprint density at radius 2 is 0.643 bits per heavy atom. The summed E-state index contributed by atoms with van der Waals surface area (Å²) in [7, 11) is -11.9. The van der Waals surface area contributed by atoms with Crippen molar-refractivity contribution in [1.29, 1.82) is 0 Å². The summed E-state index contributed by atoms with van der Waals surface area (Å²) in [6.45, 7) is 0. The van der Waals surface area contributed by atoms with Crippen LogP contribution in [0, 0.1) is 0 Å². The average Bonchev–Trinajstić information content (AvgIpc) is 2.46. The Hall–Kier alpha value is 1.52. The maximum absolute atomic E-state index is 9.93. The van der Waals surface area contributed by atoms with Crippen LogP contribution in [0.5, 0.6) is 0 Å². The molecule has 0 aromatic heterocycles. The molecule has 0 radical (unpaired) electrons. The molecule has 0 aromatic rings. The van der Waals surface area contributed by atoms with Gasteiger partial charge in [-0.25, -0.2) is 25.3 Å². The van der Waals surface area contributed by atoms with E-state index in [1.165, 1.54) is 0 Å². The van der Waals surface area contributed by atoms with E-state index in [-0.39, 0.29) is 39.6 Å². The van der Waals surface area contributed by atoms with Crippen molar-refractivity contribution < 1.29 is 61.3 Å². The SMILES string of the molecule is O=S(=O)([O-])CCCCS.O=S(=O)([O-])CCCCS.O=S(=O)([O-])CCCCS.[Au+3]. The van der Waals surface area contributed by atoms with Crippen molar-refractivity contribution in [2.75, 3.05) is 34.5 Å². The second-order valence-electron chi connectivity index (χ2n) is 5.08. The number of unbranched alkanes of at least 4 members (excludes halogenated alkanes) is 3. The zero-order valence-electron chi connectivity index (χ0n) is 15.0. The molecule has 0 bridgehead atoms. The van der Waals surface area contributed by atoms with E-state index >= 15 is 0 Å². The largest absolute Gasteiger partial charge is 3.00 e. The number of rotatable bonds is 12. The molecule has 0 unspecified atom stereocenters. The van der Waals surface area contributed by atoms with E-state index in [0.717, 1.165) is 0 Å². The topological polar surface area (TPSA) is 172 Å². The molecule has 0 aliphatic carbocycles. The molecular weight excluding hydrogens is 677 g/mol. The van der Waals surface area contributed by atoms with Crippen LogP contribution in [0.4, 0.5) is 0 Å². The zero-order chi connectivity index (χ0) is 22.0. The van der Waals surface area contributed by atoms with Crippen LogP contribution in [-0.4, -0.2) is 73.4 Å². The van der Waals surface area contributed by atoms with Gasteiger partial charge in [-0.2, -0.15) is 37.9 Å². The van der Waals surface area contributed by atoms with Gasteiger partial charge in [0.15, 0.2) is 0 Å². The molecule has 176 valence electrons. The van der Waals surface area contributed by atoms with E-state index in [0.29, 0.717) is 55.8 Å². The molecule has 0 rings (SSSR count). The molecule has 0 spiro atoms. The number of hydrogen-bond acceptors (Lipinski definition) is 12. The van der Waals surface area contributed by atoms with Gasteiger partial charge in [-0.1, -0.05) is 0 Å². The van der Waals surface area contributed by atoms with Crippen LogP contribution in [0.1, 0.15) is 38.5 Å². The van der Waals surface area contributed by atoms with Crippen molar-refractivity contribution in [2.45, 2.75) is 38.5 Å². The quantitative estimate of drug-likeness (QED) is 0.115. The fourth-order valence-electron chi connectivity index (χ4n) is 1.17. The summed E-state index contributed by atoms with van der Waals surface area (Å²) in [5.41, 5.74) is 0. The smallest absolute Gasteiger partial charge is 0.748 e. The first-order valence-electron chi connectivity index (χ1n) is 7.81. The van der Waals surface area contributed by atoms with Crippen molar-refractivity contribution in [3.8, 4) is 0 Å². The van der Waals surface area contributed by atoms with Crippen molar-refractivity contribution in [2.24, 2.45) is 0 Å². The van der Waals surface area contributed by atoms with Crippen molar-refractivity contribution in [1.82, 2.24) is 0 Å². The minimum Gasteiger partial charge on any atom is -0.748 e. The van der Waals surface area contributed by atoms with E-state index in [9.17, 15) is 38.9 Å². The fourth-order valence-corrected chi connectivity index (χ4v) is 3.52. The molecule has 0 fully saturated rings. The summed E-state index contributed by atoms with van der Waals surface area (Å²) in [5.74, 6) is 1.13.